The predicted octanol–water partition coefficient (Wildman–Crippen LogP) is 6.13. The van der Waals surface area contributed by atoms with Crippen LogP contribution in [0.2, 0.25) is 5.02 Å². The lowest BCUT2D eigenvalue weighted by molar-refractivity contribution is 0.102. The molecule has 0 aliphatic rings. The topological polar surface area (TPSA) is 64.4 Å². The first-order chi connectivity index (χ1) is 14.6. The monoisotopic (exact) mass is 418 g/mol. The maximum Gasteiger partial charge on any atom is 0.255 e. The van der Waals surface area contributed by atoms with Crippen molar-refractivity contribution in [3.8, 4) is 17.2 Å². The van der Waals surface area contributed by atoms with Crippen LogP contribution in [0.5, 0.6) is 5.75 Å². The van der Waals surface area contributed by atoms with Gasteiger partial charge < -0.3 is 14.5 Å². The van der Waals surface area contributed by atoms with E-state index in [1.165, 1.54) is 0 Å². The molecule has 150 valence electrons. The summed E-state index contributed by atoms with van der Waals surface area (Å²) in [5.74, 6) is 1.74. The molecule has 0 spiro atoms. The summed E-state index contributed by atoms with van der Waals surface area (Å²) in [5.41, 5.74) is 2.68. The molecule has 1 aromatic heterocycles. The zero-order valence-corrected chi connectivity index (χ0v) is 17.0. The summed E-state index contributed by atoms with van der Waals surface area (Å²) >= 11 is 5.96. The van der Waals surface area contributed by atoms with Gasteiger partial charge in [0.25, 0.3) is 5.91 Å². The number of benzene rings is 3. The van der Waals surface area contributed by atoms with E-state index < -0.39 is 0 Å². The van der Waals surface area contributed by atoms with Crippen molar-refractivity contribution < 1.29 is 13.9 Å². The summed E-state index contributed by atoms with van der Waals surface area (Å²) in [7, 11) is 0. The zero-order chi connectivity index (χ0) is 20.9. The summed E-state index contributed by atoms with van der Waals surface area (Å²) in [6.07, 6.45) is 0. The molecule has 0 saturated heterocycles. The molecule has 6 heteroatoms. The van der Waals surface area contributed by atoms with Crippen LogP contribution in [0.15, 0.2) is 83.3 Å². The Hall–Kier alpha value is -3.57. The van der Waals surface area contributed by atoms with Gasteiger partial charge in [-0.1, -0.05) is 35.9 Å². The van der Waals surface area contributed by atoms with E-state index in [0.29, 0.717) is 34.5 Å². The van der Waals surface area contributed by atoms with Crippen molar-refractivity contribution in [1.82, 2.24) is 4.98 Å². The average Bonchev–Trinajstić information content (AvgIpc) is 3.14. The molecule has 0 atom stereocenters. The first kappa shape index (κ1) is 19.7. The number of hydrogen-bond donors (Lipinski definition) is 1. The summed E-state index contributed by atoms with van der Waals surface area (Å²) in [6.45, 7) is 2.17. The number of halogens is 1. The van der Waals surface area contributed by atoms with Crippen molar-refractivity contribution in [2.24, 2.45) is 0 Å². The van der Waals surface area contributed by atoms with Crippen molar-refractivity contribution in [1.29, 1.82) is 0 Å². The lowest BCUT2D eigenvalue weighted by Crippen LogP contribution is -2.11. The maximum absolute atomic E-state index is 12.4. The second-order valence-corrected chi connectivity index (χ2v) is 7.10. The van der Waals surface area contributed by atoms with E-state index in [0.717, 1.165) is 17.0 Å². The minimum atomic E-state index is -0.218. The number of carbonyl (C=O) groups is 1. The van der Waals surface area contributed by atoms with E-state index in [1.54, 1.807) is 48.5 Å². The van der Waals surface area contributed by atoms with Crippen LogP contribution in [0.25, 0.3) is 11.5 Å². The summed E-state index contributed by atoms with van der Waals surface area (Å²) in [5, 5.41) is 3.39. The van der Waals surface area contributed by atoms with Crippen molar-refractivity contribution in [2.75, 3.05) is 5.32 Å². The van der Waals surface area contributed by atoms with Crippen LogP contribution in [0.1, 0.15) is 21.8 Å². The molecule has 3 aromatic carbocycles. The number of amides is 1. The number of ether oxygens (including phenoxy) is 1. The van der Waals surface area contributed by atoms with E-state index >= 15 is 0 Å². The van der Waals surface area contributed by atoms with Gasteiger partial charge in [-0.2, -0.15) is 0 Å². The number of rotatable bonds is 6. The molecule has 5 nitrogen and oxygen atoms in total. The van der Waals surface area contributed by atoms with Gasteiger partial charge in [-0.05, 0) is 61.5 Å². The maximum atomic E-state index is 12.4. The molecule has 0 aliphatic heterocycles. The molecule has 0 aliphatic carbocycles. The Morgan fingerprint density at radius 1 is 1.03 bits per heavy atom. The standard InChI is InChI=1S/C24H19ClN2O3/c1-16-22(15-29-21-8-3-2-4-9-21)27-24(30-16)18-12-10-17(11-13-18)23(28)26-20-7-5-6-19(25)14-20/h2-14H,15H2,1H3,(H,26,28). The highest BCUT2D eigenvalue weighted by atomic mass is 35.5. The van der Waals surface area contributed by atoms with Crippen molar-refractivity contribution in [3.63, 3.8) is 0 Å². The molecule has 0 saturated carbocycles. The van der Waals surface area contributed by atoms with E-state index in [-0.39, 0.29) is 5.91 Å². The Morgan fingerprint density at radius 3 is 2.53 bits per heavy atom. The van der Waals surface area contributed by atoms with Gasteiger partial charge in [0.1, 0.15) is 23.8 Å². The zero-order valence-electron chi connectivity index (χ0n) is 16.3. The fourth-order valence-corrected chi connectivity index (χ4v) is 3.08. The molecular weight excluding hydrogens is 400 g/mol. The molecule has 1 heterocycles. The SMILES string of the molecule is Cc1oc(-c2ccc(C(=O)Nc3cccc(Cl)c3)cc2)nc1COc1ccccc1. The number of anilines is 1. The van der Waals surface area contributed by atoms with Crippen LogP contribution in [0.4, 0.5) is 5.69 Å². The Morgan fingerprint density at radius 2 is 1.80 bits per heavy atom. The number of para-hydroxylation sites is 1. The van der Waals surface area contributed by atoms with Gasteiger partial charge in [0.15, 0.2) is 0 Å². The van der Waals surface area contributed by atoms with Gasteiger partial charge in [0.2, 0.25) is 5.89 Å². The lowest BCUT2D eigenvalue weighted by atomic mass is 10.1. The smallest absolute Gasteiger partial charge is 0.255 e. The Labute approximate surface area is 179 Å². The van der Waals surface area contributed by atoms with Gasteiger partial charge in [0.05, 0.1) is 0 Å². The lowest BCUT2D eigenvalue weighted by Gasteiger charge is -2.06. The largest absolute Gasteiger partial charge is 0.487 e. The number of nitrogens with zero attached hydrogens (tertiary/aromatic N) is 1. The highest BCUT2D eigenvalue weighted by Gasteiger charge is 2.13. The molecule has 0 unspecified atom stereocenters. The molecule has 4 aromatic rings. The molecule has 1 amide bonds. The van der Waals surface area contributed by atoms with E-state index in [2.05, 4.69) is 10.3 Å². The van der Waals surface area contributed by atoms with Crippen LogP contribution < -0.4 is 10.1 Å². The van der Waals surface area contributed by atoms with E-state index in [1.807, 2.05) is 37.3 Å². The number of nitrogens with one attached hydrogen (secondary N) is 1. The normalized spacial score (nSPS) is 10.6. The summed E-state index contributed by atoms with van der Waals surface area (Å²) in [6, 6.07) is 23.6. The fourth-order valence-electron chi connectivity index (χ4n) is 2.89. The first-order valence-corrected chi connectivity index (χ1v) is 9.78. The Kier molecular flexibility index (Phi) is 5.82. The predicted molar refractivity (Wildman–Crippen MR) is 117 cm³/mol. The third-order valence-corrected chi connectivity index (χ3v) is 4.72. The minimum absolute atomic E-state index is 0.218. The van der Waals surface area contributed by atoms with Gasteiger partial charge in [0, 0.05) is 21.8 Å². The van der Waals surface area contributed by atoms with Crippen molar-refractivity contribution in [3.05, 3.63) is 101 Å². The third-order valence-electron chi connectivity index (χ3n) is 4.49. The Balaban J connectivity index is 1.44. The Bertz CT molecular complexity index is 1150. The summed E-state index contributed by atoms with van der Waals surface area (Å²) in [4.78, 5) is 17.0. The highest BCUT2D eigenvalue weighted by molar-refractivity contribution is 6.31. The number of hydrogen-bond acceptors (Lipinski definition) is 4. The second-order valence-electron chi connectivity index (χ2n) is 6.67. The summed E-state index contributed by atoms with van der Waals surface area (Å²) < 4.78 is 11.5. The highest BCUT2D eigenvalue weighted by Crippen LogP contribution is 2.24. The molecular formula is C24H19ClN2O3. The van der Waals surface area contributed by atoms with Gasteiger partial charge >= 0.3 is 0 Å². The average molecular weight is 419 g/mol. The number of oxazole rings is 1. The van der Waals surface area contributed by atoms with Gasteiger partial charge in [-0.15, -0.1) is 0 Å². The number of aryl methyl sites for hydroxylation is 1. The molecule has 30 heavy (non-hydrogen) atoms. The molecule has 0 fully saturated rings. The van der Waals surface area contributed by atoms with Crippen molar-refractivity contribution in [2.45, 2.75) is 13.5 Å². The molecule has 0 bridgehead atoms. The van der Waals surface area contributed by atoms with Gasteiger partial charge in [-0.25, -0.2) is 4.98 Å². The van der Waals surface area contributed by atoms with Crippen LogP contribution in [-0.2, 0) is 6.61 Å². The fraction of sp³-hybridized carbons (Fsp3) is 0.0833. The van der Waals surface area contributed by atoms with Crippen LogP contribution in [-0.4, -0.2) is 10.9 Å². The second kappa shape index (κ2) is 8.84. The number of carbonyl (C=O) groups excluding carboxylic acids is 1. The quantitative estimate of drug-likeness (QED) is 0.408. The van der Waals surface area contributed by atoms with E-state index in [4.69, 9.17) is 20.8 Å². The molecule has 1 N–H and O–H groups in total. The third kappa shape index (κ3) is 4.70. The first-order valence-electron chi connectivity index (χ1n) is 9.40. The number of aromatic nitrogens is 1. The van der Waals surface area contributed by atoms with E-state index in [9.17, 15) is 4.79 Å². The van der Waals surface area contributed by atoms with Crippen LogP contribution >= 0.6 is 11.6 Å². The van der Waals surface area contributed by atoms with Crippen molar-refractivity contribution >= 4 is 23.2 Å². The van der Waals surface area contributed by atoms with Gasteiger partial charge in [-0.3, -0.25) is 4.79 Å². The molecule has 4 rings (SSSR count). The minimum Gasteiger partial charge on any atom is -0.487 e. The van der Waals surface area contributed by atoms with Crippen LogP contribution in [0.3, 0.4) is 0 Å². The molecule has 0 radical (unpaired) electrons. The van der Waals surface area contributed by atoms with Crippen LogP contribution in [0, 0.1) is 6.92 Å².